The zero-order chi connectivity index (χ0) is 12.0. The van der Waals surface area contributed by atoms with Crippen molar-refractivity contribution >= 4 is 45.3 Å². The lowest BCUT2D eigenvalue weighted by atomic mass is 10.2. The average molecular weight is 265 g/mol. The van der Waals surface area contributed by atoms with Gasteiger partial charge < -0.3 is 5.21 Å². The fourth-order valence-electron chi connectivity index (χ4n) is 1.80. The van der Waals surface area contributed by atoms with Crippen LogP contribution in [-0.2, 0) is 0 Å². The normalized spacial score (nSPS) is 11.2. The van der Waals surface area contributed by atoms with Crippen molar-refractivity contribution in [1.29, 1.82) is 0 Å². The second kappa shape index (κ2) is 3.72. The molecule has 0 bridgehead atoms. The van der Waals surface area contributed by atoms with Gasteiger partial charge in [0.1, 0.15) is 5.52 Å². The number of halogens is 2. The van der Waals surface area contributed by atoms with E-state index >= 15 is 0 Å². The molecule has 0 amide bonds. The minimum absolute atomic E-state index is 0.376. The molecule has 5 heteroatoms. The molecular formula is C12H6Cl2N2O. The second-order valence-electron chi connectivity index (χ2n) is 3.65. The quantitative estimate of drug-likeness (QED) is 0.355. The molecule has 1 heterocycles. The molecule has 17 heavy (non-hydrogen) atoms. The monoisotopic (exact) mass is 264 g/mol. The van der Waals surface area contributed by atoms with Gasteiger partial charge in [0.15, 0.2) is 5.52 Å². The van der Waals surface area contributed by atoms with E-state index in [4.69, 9.17) is 23.2 Å². The predicted molar refractivity (Wildman–Crippen MR) is 68.2 cm³/mol. The Kier molecular flexibility index (Phi) is 2.31. The van der Waals surface area contributed by atoms with Crippen molar-refractivity contribution in [3.8, 4) is 0 Å². The van der Waals surface area contributed by atoms with E-state index in [1.54, 1.807) is 30.3 Å². The van der Waals surface area contributed by atoms with Crippen molar-refractivity contribution in [2.75, 3.05) is 0 Å². The molecule has 0 aliphatic heterocycles. The molecule has 3 aromatic rings. The van der Waals surface area contributed by atoms with Crippen molar-refractivity contribution in [2.24, 2.45) is 0 Å². The molecule has 0 aliphatic carbocycles. The van der Waals surface area contributed by atoms with Gasteiger partial charge in [-0.1, -0.05) is 35.3 Å². The van der Waals surface area contributed by atoms with Gasteiger partial charge in [-0.05, 0) is 12.1 Å². The number of para-hydroxylation sites is 2. The fourth-order valence-corrected chi connectivity index (χ4v) is 2.32. The van der Waals surface area contributed by atoms with Crippen LogP contribution in [0.25, 0.3) is 22.1 Å². The van der Waals surface area contributed by atoms with E-state index < -0.39 is 0 Å². The summed E-state index contributed by atoms with van der Waals surface area (Å²) in [6.07, 6.45) is 0. The molecule has 3 nitrogen and oxygen atoms in total. The van der Waals surface area contributed by atoms with Gasteiger partial charge in [0.2, 0.25) is 11.0 Å². The Morgan fingerprint density at radius 1 is 1.06 bits per heavy atom. The zero-order valence-corrected chi connectivity index (χ0v) is 10.0. The molecule has 1 aromatic heterocycles. The Hall–Kier alpha value is -1.58. The van der Waals surface area contributed by atoms with E-state index in [-0.39, 0.29) is 0 Å². The van der Waals surface area contributed by atoms with Gasteiger partial charge in [-0.3, -0.25) is 0 Å². The number of rotatable bonds is 0. The molecule has 0 aliphatic rings. The first-order valence-corrected chi connectivity index (χ1v) is 5.69. The number of hydrogen-bond acceptors (Lipinski definition) is 2. The Labute approximate surface area is 107 Å². The minimum Gasteiger partial charge on any atom is -0.618 e. The predicted octanol–water partition coefficient (Wildman–Crippen LogP) is 3.33. The van der Waals surface area contributed by atoms with Gasteiger partial charge in [-0.2, -0.15) is 4.73 Å². The first kappa shape index (κ1) is 10.6. The summed E-state index contributed by atoms with van der Waals surface area (Å²) < 4.78 is 0.801. The number of hydrogen-bond donors (Lipinski definition) is 0. The van der Waals surface area contributed by atoms with Gasteiger partial charge >= 0.3 is 0 Å². The summed E-state index contributed by atoms with van der Waals surface area (Å²) in [5.41, 5.74) is 1.95. The van der Waals surface area contributed by atoms with Crippen LogP contribution in [0.4, 0.5) is 0 Å². The van der Waals surface area contributed by atoms with Crippen molar-refractivity contribution < 1.29 is 4.73 Å². The van der Waals surface area contributed by atoms with E-state index in [1.165, 1.54) is 0 Å². The van der Waals surface area contributed by atoms with Crippen LogP contribution in [0.1, 0.15) is 0 Å². The lowest BCUT2D eigenvalue weighted by Crippen LogP contribution is -2.28. The van der Waals surface area contributed by atoms with E-state index in [0.717, 1.165) is 4.73 Å². The third-order valence-electron chi connectivity index (χ3n) is 2.56. The lowest BCUT2D eigenvalue weighted by molar-refractivity contribution is -0.548. The second-order valence-corrected chi connectivity index (χ2v) is 4.49. The molecule has 0 fully saturated rings. The Morgan fingerprint density at radius 2 is 1.82 bits per heavy atom. The Balaban J connectivity index is 2.59. The highest BCUT2D eigenvalue weighted by Gasteiger charge is 2.14. The van der Waals surface area contributed by atoms with E-state index in [9.17, 15) is 5.21 Å². The standard InChI is InChI=1S/C12H6Cl2N2O/c13-7-5-8(14)12-11(6-7)16(17)10-4-2-1-3-9(10)15-12/h1-6H. The van der Waals surface area contributed by atoms with Crippen molar-refractivity contribution in [1.82, 2.24) is 4.98 Å². The largest absolute Gasteiger partial charge is 0.618 e. The molecule has 0 saturated heterocycles. The zero-order valence-electron chi connectivity index (χ0n) is 8.52. The van der Waals surface area contributed by atoms with Crippen LogP contribution >= 0.6 is 23.2 Å². The molecule has 0 atom stereocenters. The van der Waals surface area contributed by atoms with Crippen LogP contribution in [0.3, 0.4) is 0 Å². The van der Waals surface area contributed by atoms with Crippen LogP contribution in [0.15, 0.2) is 36.4 Å². The average Bonchev–Trinajstić information content (AvgIpc) is 2.31. The van der Waals surface area contributed by atoms with Crippen LogP contribution in [-0.4, -0.2) is 4.98 Å². The summed E-state index contributed by atoms with van der Waals surface area (Å²) in [4.78, 5) is 4.37. The Morgan fingerprint density at radius 3 is 2.65 bits per heavy atom. The van der Waals surface area contributed by atoms with Gasteiger partial charge in [0.05, 0.1) is 5.02 Å². The fraction of sp³-hybridized carbons (Fsp3) is 0. The molecule has 0 unspecified atom stereocenters. The topological polar surface area (TPSA) is 39.8 Å². The van der Waals surface area contributed by atoms with Crippen molar-refractivity contribution in [2.45, 2.75) is 0 Å². The smallest absolute Gasteiger partial charge is 0.245 e. The highest BCUT2D eigenvalue weighted by Crippen LogP contribution is 2.25. The molecule has 0 N–H and O–H groups in total. The molecule has 3 rings (SSSR count). The summed E-state index contributed by atoms with van der Waals surface area (Å²) in [5.74, 6) is 0. The van der Waals surface area contributed by atoms with Crippen molar-refractivity contribution in [3.05, 3.63) is 51.7 Å². The third-order valence-corrected chi connectivity index (χ3v) is 3.07. The summed E-state index contributed by atoms with van der Waals surface area (Å²) in [6, 6.07) is 10.2. The molecule has 84 valence electrons. The SMILES string of the molecule is [O-][n+]1c2ccccc2nc2c(Cl)cc(Cl)cc21. The maximum absolute atomic E-state index is 12.2. The van der Waals surface area contributed by atoms with Crippen LogP contribution in [0.2, 0.25) is 10.0 Å². The molecule has 0 saturated carbocycles. The minimum atomic E-state index is 0.376. The maximum Gasteiger partial charge on any atom is 0.245 e. The number of benzene rings is 2. The van der Waals surface area contributed by atoms with Crippen LogP contribution in [0, 0.1) is 5.21 Å². The summed E-state index contributed by atoms with van der Waals surface area (Å²) in [5, 5.41) is 12.9. The summed E-state index contributed by atoms with van der Waals surface area (Å²) in [6.45, 7) is 0. The molecular weight excluding hydrogens is 259 g/mol. The molecule has 2 aromatic carbocycles. The number of nitrogens with zero attached hydrogens (tertiary/aromatic N) is 2. The van der Waals surface area contributed by atoms with Crippen LogP contribution < -0.4 is 4.73 Å². The van der Waals surface area contributed by atoms with Gasteiger partial charge in [-0.15, -0.1) is 0 Å². The molecule has 0 radical (unpaired) electrons. The maximum atomic E-state index is 12.2. The number of aromatic nitrogens is 2. The third kappa shape index (κ3) is 1.59. The molecule has 0 spiro atoms. The van der Waals surface area contributed by atoms with E-state index in [2.05, 4.69) is 4.98 Å². The van der Waals surface area contributed by atoms with Gasteiger partial charge in [-0.25, -0.2) is 4.98 Å². The number of fused-ring (bicyclic) bond motifs is 2. The van der Waals surface area contributed by atoms with Gasteiger partial charge in [0, 0.05) is 17.2 Å². The van der Waals surface area contributed by atoms with E-state index in [0.29, 0.717) is 32.1 Å². The summed E-state index contributed by atoms with van der Waals surface area (Å²) in [7, 11) is 0. The van der Waals surface area contributed by atoms with Crippen molar-refractivity contribution in [3.63, 3.8) is 0 Å². The first-order chi connectivity index (χ1) is 8.16. The first-order valence-electron chi connectivity index (χ1n) is 4.94. The lowest BCUT2D eigenvalue weighted by Gasteiger charge is -2.06. The van der Waals surface area contributed by atoms with Gasteiger partial charge in [0.25, 0.3) is 0 Å². The summed E-state index contributed by atoms with van der Waals surface area (Å²) >= 11 is 11.9. The highest BCUT2D eigenvalue weighted by atomic mass is 35.5. The van der Waals surface area contributed by atoms with Crippen LogP contribution in [0.5, 0.6) is 0 Å². The van der Waals surface area contributed by atoms with E-state index in [1.807, 2.05) is 6.07 Å². The Bertz CT molecular complexity index is 743. The highest BCUT2D eigenvalue weighted by molar-refractivity contribution is 6.38.